The number of hydrogen-bond acceptors (Lipinski definition) is 2. The largest absolute Gasteiger partial charge is 0.349 e. The minimum atomic E-state index is -3.16. The van der Waals surface area contributed by atoms with Gasteiger partial charge in [-0.1, -0.05) is 0 Å². The molecule has 0 saturated carbocycles. The van der Waals surface area contributed by atoms with Gasteiger partial charge in [-0.25, -0.2) is 0 Å². The van der Waals surface area contributed by atoms with E-state index in [9.17, 15) is 13.6 Å². The first kappa shape index (κ1) is 13.3. The Morgan fingerprint density at radius 2 is 2.17 bits per heavy atom. The molecule has 2 rings (SSSR count). The van der Waals surface area contributed by atoms with Crippen LogP contribution in [0.25, 0.3) is 0 Å². The minimum Gasteiger partial charge on any atom is -0.349 e. The van der Waals surface area contributed by atoms with Crippen LogP contribution in [-0.4, -0.2) is 28.5 Å². The van der Waals surface area contributed by atoms with Gasteiger partial charge >= 0.3 is 5.92 Å². The lowest BCUT2D eigenvalue weighted by Crippen LogP contribution is -2.36. The molecular weight excluding hydrogens is 264 g/mol. The van der Waals surface area contributed by atoms with Crippen LogP contribution < -0.4 is 5.32 Å². The maximum atomic E-state index is 13.9. The predicted octanol–water partition coefficient (Wildman–Crippen LogP) is 1.74. The molecule has 0 unspecified atom stereocenters. The van der Waals surface area contributed by atoms with Gasteiger partial charge in [-0.2, -0.15) is 13.9 Å². The van der Waals surface area contributed by atoms with Crippen LogP contribution in [0.5, 0.6) is 0 Å². The molecule has 0 spiro atoms. The zero-order valence-corrected chi connectivity index (χ0v) is 10.5. The molecular formula is C11H14ClF2N3O. The van der Waals surface area contributed by atoms with Crippen molar-refractivity contribution < 1.29 is 13.6 Å². The molecule has 0 atom stereocenters. The van der Waals surface area contributed by atoms with Crippen molar-refractivity contribution in [3.05, 3.63) is 17.0 Å². The highest BCUT2D eigenvalue weighted by Gasteiger charge is 2.38. The lowest BCUT2D eigenvalue weighted by molar-refractivity contribution is -0.120. The molecule has 0 bridgehead atoms. The number of carbonyl (C=O) groups is 1. The average molecular weight is 278 g/mol. The number of amides is 1. The summed E-state index contributed by atoms with van der Waals surface area (Å²) in [7, 11) is 0. The second-order valence-corrected chi connectivity index (χ2v) is 4.62. The van der Waals surface area contributed by atoms with E-state index in [-0.39, 0.29) is 11.6 Å². The van der Waals surface area contributed by atoms with E-state index in [2.05, 4.69) is 15.5 Å². The Bertz CT molecular complexity index is 447. The monoisotopic (exact) mass is 277 g/mol. The summed E-state index contributed by atoms with van der Waals surface area (Å²) in [6, 6.07) is 0. The SMILES string of the molecule is O=C(CCl)NCC(F)(F)c1n[nH]c2c1CCCC2. The van der Waals surface area contributed by atoms with E-state index in [0.29, 0.717) is 12.0 Å². The lowest BCUT2D eigenvalue weighted by atomic mass is 9.94. The van der Waals surface area contributed by atoms with Gasteiger partial charge in [0.2, 0.25) is 5.91 Å². The number of aryl methyl sites for hydroxylation is 1. The van der Waals surface area contributed by atoms with Crippen molar-refractivity contribution in [1.29, 1.82) is 0 Å². The van der Waals surface area contributed by atoms with E-state index >= 15 is 0 Å². The summed E-state index contributed by atoms with van der Waals surface area (Å²) < 4.78 is 27.9. The van der Waals surface area contributed by atoms with Crippen molar-refractivity contribution in [3.8, 4) is 0 Å². The zero-order chi connectivity index (χ0) is 13.2. The molecule has 0 fully saturated rings. The third kappa shape index (κ3) is 2.63. The van der Waals surface area contributed by atoms with Crippen LogP contribution in [0.2, 0.25) is 0 Å². The van der Waals surface area contributed by atoms with Crippen molar-refractivity contribution in [2.75, 3.05) is 12.4 Å². The molecule has 0 saturated heterocycles. The molecule has 4 nitrogen and oxygen atoms in total. The summed E-state index contributed by atoms with van der Waals surface area (Å²) >= 11 is 5.24. The Morgan fingerprint density at radius 1 is 1.44 bits per heavy atom. The zero-order valence-electron chi connectivity index (χ0n) is 9.73. The van der Waals surface area contributed by atoms with Gasteiger partial charge in [-0.15, -0.1) is 11.6 Å². The molecule has 100 valence electrons. The topological polar surface area (TPSA) is 57.8 Å². The standard InChI is InChI=1S/C11H14ClF2N3O/c12-5-9(18)15-6-11(13,14)10-7-3-1-2-4-8(7)16-17-10/h1-6H2,(H,15,18)(H,16,17). The van der Waals surface area contributed by atoms with Crippen LogP contribution in [0, 0.1) is 0 Å². The molecule has 1 aromatic heterocycles. The second kappa shape index (κ2) is 5.22. The Morgan fingerprint density at radius 3 is 2.89 bits per heavy atom. The maximum absolute atomic E-state index is 13.9. The van der Waals surface area contributed by atoms with E-state index in [4.69, 9.17) is 11.6 Å². The average Bonchev–Trinajstić information content (AvgIpc) is 2.80. The molecule has 0 aromatic carbocycles. The summed E-state index contributed by atoms with van der Waals surface area (Å²) in [5, 5.41) is 8.47. The number of rotatable bonds is 4. The number of nitrogens with zero attached hydrogens (tertiary/aromatic N) is 1. The highest BCUT2D eigenvalue weighted by Crippen LogP contribution is 2.33. The number of H-pyrrole nitrogens is 1. The Hall–Kier alpha value is -1.17. The molecule has 1 aliphatic rings. The van der Waals surface area contributed by atoms with Gasteiger partial charge in [0, 0.05) is 11.3 Å². The number of halogens is 3. The normalized spacial score (nSPS) is 15.3. The summed E-state index contributed by atoms with van der Waals surface area (Å²) in [4.78, 5) is 10.9. The fraction of sp³-hybridized carbons (Fsp3) is 0.636. The van der Waals surface area contributed by atoms with Crippen LogP contribution >= 0.6 is 11.6 Å². The second-order valence-electron chi connectivity index (χ2n) is 4.35. The molecule has 18 heavy (non-hydrogen) atoms. The van der Waals surface area contributed by atoms with E-state index < -0.39 is 18.4 Å². The van der Waals surface area contributed by atoms with Gasteiger partial charge < -0.3 is 5.32 Å². The number of hydrogen-bond donors (Lipinski definition) is 2. The lowest BCUT2D eigenvalue weighted by Gasteiger charge is -2.18. The van der Waals surface area contributed by atoms with Crippen LogP contribution in [0.15, 0.2) is 0 Å². The molecule has 1 aliphatic carbocycles. The van der Waals surface area contributed by atoms with Gasteiger partial charge in [0.15, 0.2) is 0 Å². The third-order valence-corrected chi connectivity index (χ3v) is 3.27. The van der Waals surface area contributed by atoms with Gasteiger partial charge in [-0.3, -0.25) is 9.89 Å². The van der Waals surface area contributed by atoms with Crippen molar-refractivity contribution in [2.24, 2.45) is 0 Å². The first-order valence-corrected chi connectivity index (χ1v) is 6.35. The van der Waals surface area contributed by atoms with Gasteiger partial charge in [-0.05, 0) is 25.7 Å². The number of aromatic amines is 1. The molecule has 7 heteroatoms. The van der Waals surface area contributed by atoms with Crippen molar-refractivity contribution >= 4 is 17.5 Å². The summed E-state index contributed by atoms with van der Waals surface area (Å²) in [6.45, 7) is -0.768. The number of fused-ring (bicyclic) bond motifs is 1. The van der Waals surface area contributed by atoms with Gasteiger partial charge in [0.05, 0.1) is 6.54 Å². The van der Waals surface area contributed by atoms with Crippen LogP contribution in [-0.2, 0) is 23.6 Å². The van der Waals surface area contributed by atoms with E-state index in [1.165, 1.54) is 0 Å². The molecule has 0 radical (unpaired) electrons. The predicted molar refractivity (Wildman–Crippen MR) is 62.9 cm³/mol. The van der Waals surface area contributed by atoms with Crippen molar-refractivity contribution in [2.45, 2.75) is 31.6 Å². The van der Waals surface area contributed by atoms with E-state index in [1.807, 2.05) is 0 Å². The Kier molecular flexibility index (Phi) is 3.85. The van der Waals surface area contributed by atoms with Crippen molar-refractivity contribution in [3.63, 3.8) is 0 Å². The highest BCUT2D eigenvalue weighted by molar-refractivity contribution is 6.27. The fourth-order valence-corrected chi connectivity index (χ4v) is 2.22. The van der Waals surface area contributed by atoms with Gasteiger partial charge in [0.25, 0.3) is 0 Å². The maximum Gasteiger partial charge on any atom is 0.308 e. The minimum absolute atomic E-state index is 0.243. The molecule has 0 aliphatic heterocycles. The molecule has 1 amide bonds. The van der Waals surface area contributed by atoms with Crippen LogP contribution in [0.4, 0.5) is 8.78 Å². The first-order valence-electron chi connectivity index (χ1n) is 5.81. The summed E-state index contributed by atoms with van der Waals surface area (Å²) in [6.07, 6.45) is 3.25. The van der Waals surface area contributed by atoms with Crippen molar-refractivity contribution in [1.82, 2.24) is 15.5 Å². The number of aromatic nitrogens is 2. The summed E-state index contributed by atoms with van der Waals surface area (Å²) in [5.41, 5.74) is 1.15. The third-order valence-electron chi connectivity index (χ3n) is 3.03. The Labute approximate surface area is 108 Å². The molecule has 1 heterocycles. The molecule has 1 aromatic rings. The van der Waals surface area contributed by atoms with Crippen LogP contribution in [0.1, 0.15) is 29.8 Å². The first-order chi connectivity index (χ1) is 8.54. The fourth-order valence-electron chi connectivity index (χ4n) is 2.12. The van der Waals surface area contributed by atoms with E-state index in [0.717, 1.165) is 25.0 Å². The quantitative estimate of drug-likeness (QED) is 0.824. The Balaban J connectivity index is 2.13. The number of nitrogens with one attached hydrogen (secondary N) is 2. The number of alkyl halides is 3. The van der Waals surface area contributed by atoms with Crippen LogP contribution in [0.3, 0.4) is 0 Å². The smallest absolute Gasteiger partial charge is 0.308 e. The van der Waals surface area contributed by atoms with E-state index in [1.54, 1.807) is 0 Å². The highest BCUT2D eigenvalue weighted by atomic mass is 35.5. The molecule has 2 N–H and O–H groups in total. The number of carbonyl (C=O) groups excluding carboxylic acids is 1. The van der Waals surface area contributed by atoms with Gasteiger partial charge in [0.1, 0.15) is 11.6 Å². The summed E-state index contributed by atoms with van der Waals surface area (Å²) in [5.74, 6) is -4.10.